The van der Waals surface area contributed by atoms with E-state index in [0.29, 0.717) is 29.6 Å². The molecule has 3 heteroatoms. The van der Waals surface area contributed by atoms with E-state index in [1.165, 1.54) is 51.4 Å². The zero-order valence-electron chi connectivity index (χ0n) is 21.8. The van der Waals surface area contributed by atoms with E-state index in [4.69, 9.17) is 4.74 Å². The monoisotopic (exact) mass is 446 g/mol. The highest BCUT2D eigenvalue weighted by Crippen LogP contribution is 2.69. The number of rotatable bonds is 6. The van der Waals surface area contributed by atoms with Gasteiger partial charge in [-0.05, 0) is 78.9 Å². The lowest BCUT2D eigenvalue weighted by Crippen LogP contribution is -2.65. The molecule has 3 nitrogen and oxygen atoms in total. The minimum Gasteiger partial charge on any atom is -0.462 e. The molecular weight excluding hydrogens is 396 g/mol. The molecule has 0 saturated heterocycles. The first kappa shape index (κ1) is 24.6. The first-order valence-corrected chi connectivity index (χ1v) is 13.9. The maximum absolute atomic E-state index is 12.1. The number of ether oxygens (including phenoxy) is 1. The molecule has 4 rings (SSSR count). The molecule has 0 bridgehead atoms. The molecule has 9 atom stereocenters. The van der Waals surface area contributed by atoms with Crippen molar-refractivity contribution in [1.82, 2.24) is 0 Å². The molecule has 0 aliphatic heterocycles. The second-order valence-corrected chi connectivity index (χ2v) is 13.3. The van der Waals surface area contributed by atoms with Gasteiger partial charge in [0.2, 0.25) is 0 Å². The number of esters is 1. The van der Waals surface area contributed by atoms with Gasteiger partial charge in [0.1, 0.15) is 6.10 Å². The molecule has 0 unspecified atom stereocenters. The van der Waals surface area contributed by atoms with Gasteiger partial charge in [-0.25, -0.2) is 0 Å². The van der Waals surface area contributed by atoms with Gasteiger partial charge in [-0.2, -0.15) is 0 Å². The van der Waals surface area contributed by atoms with Crippen LogP contribution in [0.25, 0.3) is 0 Å². The number of carbonyl (C=O) groups excluding carboxylic acids is 1. The lowest BCUT2D eigenvalue weighted by atomic mass is 9.42. The Bertz CT molecular complexity index is 688. The van der Waals surface area contributed by atoms with Crippen molar-refractivity contribution in [3.63, 3.8) is 0 Å². The fraction of sp³-hybridized carbons (Fsp3) is 0.966. The van der Waals surface area contributed by atoms with Gasteiger partial charge in [0.05, 0.1) is 5.60 Å². The van der Waals surface area contributed by atoms with Crippen molar-refractivity contribution in [3.05, 3.63) is 0 Å². The van der Waals surface area contributed by atoms with Crippen LogP contribution < -0.4 is 0 Å². The molecule has 32 heavy (non-hydrogen) atoms. The standard InChI is InChI=1S/C29H50O3/c1-19(2)10-9-11-20(3)22-12-13-23-26-24(14-17-27(22,23)5)28(6)15-7-8-16-29(28,31)18-25(26)32-21(4)30/h19-20,22-26,31H,7-18H2,1-6H3/t20-,22-,23+,24+,25+,26+,27-,28-,29+/m1/s1. The summed E-state index contributed by atoms with van der Waals surface area (Å²) in [5.41, 5.74) is -0.325. The molecule has 4 aliphatic rings. The lowest BCUT2D eigenvalue weighted by molar-refractivity contribution is -0.244. The van der Waals surface area contributed by atoms with E-state index in [0.717, 1.165) is 37.0 Å². The molecule has 4 aliphatic carbocycles. The molecule has 0 aromatic rings. The van der Waals surface area contributed by atoms with Crippen molar-refractivity contribution in [2.75, 3.05) is 0 Å². The molecule has 0 amide bonds. The molecule has 184 valence electrons. The number of hydrogen-bond acceptors (Lipinski definition) is 3. The van der Waals surface area contributed by atoms with Crippen molar-refractivity contribution < 1.29 is 14.6 Å². The highest BCUT2D eigenvalue weighted by molar-refractivity contribution is 5.66. The van der Waals surface area contributed by atoms with Crippen LogP contribution in [-0.4, -0.2) is 22.8 Å². The van der Waals surface area contributed by atoms with Gasteiger partial charge in [-0.3, -0.25) is 4.79 Å². The Kier molecular flexibility index (Phi) is 6.83. The average Bonchev–Trinajstić information content (AvgIpc) is 3.05. The number of fused-ring (bicyclic) bond motifs is 5. The van der Waals surface area contributed by atoms with Crippen molar-refractivity contribution in [1.29, 1.82) is 0 Å². The largest absolute Gasteiger partial charge is 0.462 e. The van der Waals surface area contributed by atoms with E-state index in [9.17, 15) is 9.90 Å². The Morgan fingerprint density at radius 2 is 1.72 bits per heavy atom. The topological polar surface area (TPSA) is 46.5 Å². The average molecular weight is 447 g/mol. The summed E-state index contributed by atoms with van der Waals surface area (Å²) in [6, 6.07) is 0. The van der Waals surface area contributed by atoms with Crippen LogP contribution in [0.15, 0.2) is 0 Å². The van der Waals surface area contributed by atoms with Crippen LogP contribution in [0, 0.1) is 46.3 Å². The smallest absolute Gasteiger partial charge is 0.302 e. The number of hydrogen-bond donors (Lipinski definition) is 1. The molecule has 0 radical (unpaired) electrons. The van der Waals surface area contributed by atoms with Crippen LogP contribution in [-0.2, 0) is 9.53 Å². The molecule has 4 fully saturated rings. The van der Waals surface area contributed by atoms with Gasteiger partial charge in [0, 0.05) is 19.3 Å². The van der Waals surface area contributed by atoms with Crippen LogP contribution in [0.2, 0.25) is 0 Å². The molecule has 4 saturated carbocycles. The highest BCUT2D eigenvalue weighted by Gasteiger charge is 2.67. The van der Waals surface area contributed by atoms with Crippen molar-refractivity contribution in [2.45, 2.75) is 130 Å². The first-order chi connectivity index (χ1) is 15.0. The zero-order chi connectivity index (χ0) is 23.3. The summed E-state index contributed by atoms with van der Waals surface area (Å²) in [6.45, 7) is 13.7. The van der Waals surface area contributed by atoms with E-state index in [2.05, 4.69) is 34.6 Å². The predicted octanol–water partition coefficient (Wildman–Crippen LogP) is 7.15. The minimum atomic E-state index is -0.664. The summed E-state index contributed by atoms with van der Waals surface area (Å²) in [5, 5.41) is 11.9. The third-order valence-corrected chi connectivity index (χ3v) is 11.2. The number of aliphatic hydroxyl groups is 1. The predicted molar refractivity (Wildman–Crippen MR) is 130 cm³/mol. The second-order valence-electron chi connectivity index (χ2n) is 13.3. The molecule has 1 N–H and O–H groups in total. The lowest BCUT2D eigenvalue weighted by Gasteiger charge is -2.65. The summed E-state index contributed by atoms with van der Waals surface area (Å²) in [6.07, 6.45) is 14.0. The van der Waals surface area contributed by atoms with E-state index in [1.54, 1.807) is 6.92 Å². The van der Waals surface area contributed by atoms with E-state index in [1.807, 2.05) is 0 Å². The van der Waals surface area contributed by atoms with Crippen LogP contribution in [0.3, 0.4) is 0 Å². The second kappa shape index (κ2) is 8.90. The third kappa shape index (κ3) is 3.97. The Hall–Kier alpha value is -0.570. The summed E-state index contributed by atoms with van der Waals surface area (Å²) < 4.78 is 6.06. The van der Waals surface area contributed by atoms with E-state index >= 15 is 0 Å². The fourth-order valence-corrected chi connectivity index (χ4v) is 9.58. The van der Waals surface area contributed by atoms with E-state index < -0.39 is 5.60 Å². The first-order valence-electron chi connectivity index (χ1n) is 13.9. The highest BCUT2D eigenvalue weighted by atomic mass is 16.5. The van der Waals surface area contributed by atoms with Gasteiger partial charge in [-0.15, -0.1) is 0 Å². The van der Waals surface area contributed by atoms with Crippen molar-refractivity contribution >= 4 is 5.97 Å². The quantitative estimate of drug-likeness (QED) is 0.440. The normalized spacial score (nSPS) is 46.8. The Morgan fingerprint density at radius 3 is 2.41 bits per heavy atom. The summed E-state index contributed by atoms with van der Waals surface area (Å²) >= 11 is 0. The molecule has 0 spiro atoms. The Morgan fingerprint density at radius 1 is 1.00 bits per heavy atom. The maximum atomic E-state index is 12.1. The van der Waals surface area contributed by atoms with Crippen LogP contribution >= 0.6 is 0 Å². The fourth-order valence-electron chi connectivity index (χ4n) is 9.58. The van der Waals surface area contributed by atoms with Crippen LogP contribution in [0.4, 0.5) is 0 Å². The van der Waals surface area contributed by atoms with Crippen LogP contribution in [0.1, 0.15) is 119 Å². The summed E-state index contributed by atoms with van der Waals surface area (Å²) in [7, 11) is 0. The molecular formula is C29H50O3. The Labute approximate surface area is 197 Å². The molecule has 0 aromatic heterocycles. The van der Waals surface area contributed by atoms with Gasteiger partial charge in [-0.1, -0.05) is 66.7 Å². The van der Waals surface area contributed by atoms with Crippen molar-refractivity contribution in [3.8, 4) is 0 Å². The van der Waals surface area contributed by atoms with Crippen molar-refractivity contribution in [2.24, 2.45) is 46.3 Å². The molecule has 0 heterocycles. The Balaban J connectivity index is 1.60. The number of carbonyl (C=O) groups is 1. The third-order valence-electron chi connectivity index (χ3n) is 11.2. The zero-order valence-corrected chi connectivity index (χ0v) is 21.8. The van der Waals surface area contributed by atoms with Gasteiger partial charge >= 0.3 is 5.97 Å². The SMILES string of the molecule is CC(=O)O[C@H]1C[C@@]2(O)CCCC[C@]2(C)[C@H]2CC[C@]3(C)[C@@H]([C@H](C)CCCC(C)C)CC[C@H]3[C@H]12. The maximum Gasteiger partial charge on any atom is 0.302 e. The summed E-state index contributed by atoms with van der Waals surface area (Å²) in [5.74, 6) is 3.74. The van der Waals surface area contributed by atoms with E-state index in [-0.39, 0.29) is 17.5 Å². The molecule has 0 aromatic carbocycles. The van der Waals surface area contributed by atoms with Gasteiger partial charge in [0.25, 0.3) is 0 Å². The minimum absolute atomic E-state index is 0.0190. The van der Waals surface area contributed by atoms with Gasteiger partial charge < -0.3 is 9.84 Å². The van der Waals surface area contributed by atoms with Crippen LogP contribution in [0.5, 0.6) is 0 Å². The van der Waals surface area contributed by atoms with Gasteiger partial charge in [0.15, 0.2) is 0 Å². The summed E-state index contributed by atoms with van der Waals surface area (Å²) in [4.78, 5) is 12.1.